The Bertz CT molecular complexity index is 910. The summed E-state index contributed by atoms with van der Waals surface area (Å²) in [6.07, 6.45) is 0. The minimum Gasteiger partial charge on any atom is -0.490 e. The number of ether oxygens (including phenoxy) is 3. The van der Waals surface area contributed by atoms with E-state index in [0.717, 1.165) is 5.56 Å². The standard InChI is InChI=1S/C20H22BrN3O5S/c1-13-4-3-5-15(10-13)29-12-18(25)23-24-20(30)22-19(26)14-6-7-17(16(21)11-14)28-9-8-27-2/h3-7,10-11H,8-9,12H2,1-2H3,(H,23,25)(H2,22,24,26,30). The Morgan fingerprint density at radius 3 is 2.57 bits per heavy atom. The molecule has 0 bridgehead atoms. The van der Waals surface area contributed by atoms with Gasteiger partial charge in [-0.1, -0.05) is 12.1 Å². The molecule has 0 saturated heterocycles. The number of amides is 2. The summed E-state index contributed by atoms with van der Waals surface area (Å²) in [4.78, 5) is 24.2. The molecule has 2 aromatic rings. The van der Waals surface area contributed by atoms with Crippen LogP contribution in [0.2, 0.25) is 0 Å². The van der Waals surface area contributed by atoms with Gasteiger partial charge in [0.25, 0.3) is 11.8 Å². The Balaban J connectivity index is 1.76. The molecular formula is C20H22BrN3O5S. The average Bonchev–Trinajstić information content (AvgIpc) is 2.72. The quantitative estimate of drug-likeness (QED) is 0.294. The highest BCUT2D eigenvalue weighted by Crippen LogP contribution is 2.26. The molecule has 0 unspecified atom stereocenters. The van der Waals surface area contributed by atoms with Crippen molar-refractivity contribution in [1.82, 2.24) is 16.2 Å². The third-order valence-corrected chi connectivity index (χ3v) is 4.46. The van der Waals surface area contributed by atoms with E-state index < -0.39 is 11.8 Å². The van der Waals surface area contributed by atoms with Gasteiger partial charge in [-0.05, 0) is 71.0 Å². The number of hydrogen-bond acceptors (Lipinski definition) is 6. The third kappa shape index (κ3) is 7.97. The van der Waals surface area contributed by atoms with Gasteiger partial charge in [0, 0.05) is 12.7 Å². The summed E-state index contributed by atoms with van der Waals surface area (Å²) in [6, 6.07) is 12.2. The first kappa shape index (κ1) is 23.6. The van der Waals surface area contributed by atoms with Gasteiger partial charge < -0.3 is 14.2 Å². The van der Waals surface area contributed by atoms with E-state index in [-0.39, 0.29) is 11.7 Å². The van der Waals surface area contributed by atoms with E-state index in [1.807, 2.05) is 25.1 Å². The summed E-state index contributed by atoms with van der Waals surface area (Å²) in [5, 5.41) is 2.42. The number of hydrogen-bond donors (Lipinski definition) is 3. The SMILES string of the molecule is COCCOc1ccc(C(=O)NC(=S)NNC(=O)COc2cccc(C)c2)cc1Br. The molecule has 0 aromatic heterocycles. The molecule has 0 aliphatic rings. The van der Waals surface area contributed by atoms with E-state index in [9.17, 15) is 9.59 Å². The van der Waals surface area contributed by atoms with Crippen molar-refractivity contribution in [3.63, 3.8) is 0 Å². The second-order valence-electron chi connectivity index (χ2n) is 6.05. The molecule has 0 atom stereocenters. The zero-order chi connectivity index (χ0) is 21.9. The van der Waals surface area contributed by atoms with E-state index in [1.165, 1.54) is 0 Å². The van der Waals surface area contributed by atoms with Crippen LogP contribution >= 0.6 is 28.1 Å². The number of thiocarbonyl (C=S) groups is 1. The van der Waals surface area contributed by atoms with Crippen molar-refractivity contribution < 1.29 is 23.8 Å². The minimum atomic E-state index is -0.451. The third-order valence-electron chi connectivity index (χ3n) is 3.64. The number of benzene rings is 2. The van der Waals surface area contributed by atoms with E-state index in [4.69, 9.17) is 26.4 Å². The van der Waals surface area contributed by atoms with Crippen LogP contribution in [0.4, 0.5) is 0 Å². The van der Waals surface area contributed by atoms with Gasteiger partial charge in [0.05, 0.1) is 11.1 Å². The summed E-state index contributed by atoms with van der Waals surface area (Å²) in [7, 11) is 1.59. The molecule has 0 heterocycles. The topological polar surface area (TPSA) is 97.9 Å². The predicted molar refractivity (Wildman–Crippen MR) is 120 cm³/mol. The number of carbonyl (C=O) groups excluding carboxylic acids is 2. The minimum absolute atomic E-state index is 0.0551. The second kappa shape index (κ2) is 12.1. The molecule has 0 spiro atoms. The molecule has 10 heteroatoms. The number of aryl methyl sites for hydroxylation is 1. The van der Waals surface area contributed by atoms with Crippen LogP contribution in [0, 0.1) is 6.92 Å². The molecule has 0 aliphatic carbocycles. The van der Waals surface area contributed by atoms with Crippen molar-refractivity contribution in [1.29, 1.82) is 0 Å². The summed E-state index contributed by atoms with van der Waals surface area (Å²) in [6.45, 7) is 2.57. The van der Waals surface area contributed by atoms with Crippen molar-refractivity contribution >= 4 is 45.1 Å². The van der Waals surface area contributed by atoms with Crippen LogP contribution in [0.5, 0.6) is 11.5 Å². The molecule has 0 saturated carbocycles. The van der Waals surface area contributed by atoms with Crippen molar-refractivity contribution in [2.45, 2.75) is 6.92 Å². The van der Waals surface area contributed by atoms with Gasteiger partial charge in [-0.15, -0.1) is 0 Å². The summed E-state index contributed by atoms with van der Waals surface area (Å²) < 4.78 is 16.4. The lowest BCUT2D eigenvalue weighted by molar-refractivity contribution is -0.123. The molecule has 3 N–H and O–H groups in total. The zero-order valence-corrected chi connectivity index (χ0v) is 18.9. The Hall–Kier alpha value is -2.69. The highest BCUT2D eigenvalue weighted by Gasteiger charge is 2.12. The lowest BCUT2D eigenvalue weighted by Crippen LogP contribution is -2.49. The number of rotatable bonds is 8. The molecule has 8 nitrogen and oxygen atoms in total. The number of halogens is 1. The molecule has 0 aliphatic heterocycles. The van der Waals surface area contributed by atoms with Gasteiger partial charge in [0.2, 0.25) is 0 Å². The van der Waals surface area contributed by atoms with Crippen molar-refractivity contribution in [3.05, 3.63) is 58.1 Å². The van der Waals surface area contributed by atoms with E-state index >= 15 is 0 Å². The maximum atomic E-state index is 12.3. The zero-order valence-electron chi connectivity index (χ0n) is 16.5. The maximum absolute atomic E-state index is 12.3. The maximum Gasteiger partial charge on any atom is 0.276 e. The van der Waals surface area contributed by atoms with Crippen LogP contribution in [0.1, 0.15) is 15.9 Å². The van der Waals surface area contributed by atoms with Gasteiger partial charge in [-0.2, -0.15) is 0 Å². The molecule has 2 rings (SSSR count). The molecule has 2 aromatic carbocycles. The first-order valence-electron chi connectivity index (χ1n) is 8.90. The van der Waals surface area contributed by atoms with Crippen LogP contribution in [0.3, 0.4) is 0 Å². The Labute approximate surface area is 188 Å². The molecule has 0 radical (unpaired) electrons. The van der Waals surface area contributed by atoms with Gasteiger partial charge in [-0.25, -0.2) is 0 Å². The second-order valence-corrected chi connectivity index (χ2v) is 7.31. The lowest BCUT2D eigenvalue weighted by atomic mass is 10.2. The molecule has 0 fully saturated rings. The fraction of sp³-hybridized carbons (Fsp3) is 0.250. The molecule has 30 heavy (non-hydrogen) atoms. The number of methoxy groups -OCH3 is 1. The monoisotopic (exact) mass is 495 g/mol. The summed E-state index contributed by atoms with van der Waals surface area (Å²) in [5.41, 5.74) is 6.21. The van der Waals surface area contributed by atoms with E-state index in [0.29, 0.717) is 34.7 Å². The highest BCUT2D eigenvalue weighted by molar-refractivity contribution is 9.10. The Kier molecular flexibility index (Phi) is 9.52. The van der Waals surface area contributed by atoms with Gasteiger partial charge in [-0.3, -0.25) is 25.8 Å². The van der Waals surface area contributed by atoms with Crippen LogP contribution in [-0.2, 0) is 9.53 Å². The van der Waals surface area contributed by atoms with Crippen LogP contribution in [0.15, 0.2) is 46.9 Å². The van der Waals surface area contributed by atoms with Gasteiger partial charge >= 0.3 is 0 Å². The van der Waals surface area contributed by atoms with Gasteiger partial charge in [0.1, 0.15) is 18.1 Å². The van der Waals surface area contributed by atoms with Gasteiger partial charge in [0.15, 0.2) is 11.7 Å². The van der Waals surface area contributed by atoms with E-state index in [2.05, 4.69) is 32.1 Å². The normalized spacial score (nSPS) is 10.1. The van der Waals surface area contributed by atoms with Crippen molar-refractivity contribution in [2.24, 2.45) is 0 Å². The average molecular weight is 496 g/mol. The summed E-state index contributed by atoms with van der Waals surface area (Å²) in [5.74, 6) is 0.279. The largest absolute Gasteiger partial charge is 0.490 e. The fourth-order valence-electron chi connectivity index (χ4n) is 2.22. The predicted octanol–water partition coefficient (Wildman–Crippen LogP) is 2.50. The molecule has 2 amide bonds. The molecular weight excluding hydrogens is 474 g/mol. The fourth-order valence-corrected chi connectivity index (χ4v) is 2.85. The first-order chi connectivity index (χ1) is 14.4. The number of carbonyl (C=O) groups is 2. The van der Waals surface area contributed by atoms with Crippen molar-refractivity contribution in [2.75, 3.05) is 26.9 Å². The van der Waals surface area contributed by atoms with Crippen molar-refractivity contribution in [3.8, 4) is 11.5 Å². The number of nitrogens with one attached hydrogen (secondary N) is 3. The van der Waals surface area contributed by atoms with Crippen LogP contribution in [-0.4, -0.2) is 43.9 Å². The lowest BCUT2D eigenvalue weighted by Gasteiger charge is -2.12. The smallest absolute Gasteiger partial charge is 0.276 e. The Morgan fingerprint density at radius 1 is 1.07 bits per heavy atom. The number of hydrazine groups is 1. The van der Waals surface area contributed by atoms with Crippen LogP contribution < -0.4 is 25.6 Å². The Morgan fingerprint density at radius 2 is 1.87 bits per heavy atom. The highest BCUT2D eigenvalue weighted by atomic mass is 79.9. The van der Waals surface area contributed by atoms with Crippen LogP contribution in [0.25, 0.3) is 0 Å². The first-order valence-corrected chi connectivity index (χ1v) is 10.1. The summed E-state index contributed by atoms with van der Waals surface area (Å²) >= 11 is 8.38. The van der Waals surface area contributed by atoms with E-state index in [1.54, 1.807) is 31.4 Å². The molecule has 160 valence electrons.